The fourth-order valence-corrected chi connectivity index (χ4v) is 4.48. The van der Waals surface area contributed by atoms with Crippen LogP contribution in [0.2, 0.25) is 0 Å². The zero-order valence-electron chi connectivity index (χ0n) is 16.0. The minimum Gasteiger partial charge on any atom is -0.326 e. The third-order valence-electron chi connectivity index (χ3n) is 5.92. The minimum atomic E-state index is 0.567. The van der Waals surface area contributed by atoms with E-state index in [0.29, 0.717) is 6.54 Å². The summed E-state index contributed by atoms with van der Waals surface area (Å²) in [6.07, 6.45) is 0. The quantitative estimate of drug-likeness (QED) is 0.367. The van der Waals surface area contributed by atoms with Crippen molar-refractivity contribution in [1.82, 2.24) is 4.57 Å². The molecule has 0 amide bonds. The van der Waals surface area contributed by atoms with Gasteiger partial charge < -0.3 is 10.3 Å². The van der Waals surface area contributed by atoms with E-state index in [1.54, 1.807) is 0 Å². The van der Waals surface area contributed by atoms with E-state index < -0.39 is 0 Å². The number of benzene rings is 5. The lowest BCUT2D eigenvalue weighted by molar-refractivity contribution is 1.08. The van der Waals surface area contributed by atoms with Gasteiger partial charge in [-0.25, -0.2) is 0 Å². The van der Waals surface area contributed by atoms with Gasteiger partial charge in [0.1, 0.15) is 0 Å². The largest absolute Gasteiger partial charge is 0.326 e. The molecule has 0 unspecified atom stereocenters. The summed E-state index contributed by atoms with van der Waals surface area (Å²) in [5, 5.41) is 7.56. The number of nitrogens with zero attached hydrogens (tertiary/aromatic N) is 1. The molecule has 0 fully saturated rings. The molecule has 0 aliphatic rings. The summed E-state index contributed by atoms with van der Waals surface area (Å²) in [6, 6.07) is 35.0. The molecule has 6 aromatic rings. The van der Waals surface area contributed by atoms with Crippen molar-refractivity contribution < 1.29 is 0 Å². The maximum absolute atomic E-state index is 5.81. The molecule has 2 nitrogen and oxygen atoms in total. The number of hydrogen-bond acceptors (Lipinski definition) is 1. The van der Waals surface area contributed by atoms with Gasteiger partial charge >= 0.3 is 0 Å². The van der Waals surface area contributed by atoms with Gasteiger partial charge in [-0.3, -0.25) is 0 Å². The van der Waals surface area contributed by atoms with Gasteiger partial charge in [0, 0.05) is 23.0 Å². The molecular weight excluding hydrogens is 352 g/mol. The lowest BCUT2D eigenvalue weighted by Gasteiger charge is -2.10. The molecule has 1 heterocycles. The molecular formula is C27H20N2. The second kappa shape index (κ2) is 6.20. The fraction of sp³-hybridized carbons (Fsp3) is 0.0370. The first-order chi connectivity index (χ1) is 14.3. The molecule has 2 heteroatoms. The monoisotopic (exact) mass is 372 g/mol. The molecule has 5 aromatic carbocycles. The van der Waals surface area contributed by atoms with E-state index in [4.69, 9.17) is 5.73 Å². The van der Waals surface area contributed by atoms with Gasteiger partial charge in [-0.1, -0.05) is 60.7 Å². The number of fused-ring (bicyclic) bond motifs is 5. The Bertz CT molecular complexity index is 1540. The van der Waals surface area contributed by atoms with E-state index in [9.17, 15) is 0 Å². The van der Waals surface area contributed by atoms with Crippen molar-refractivity contribution in [2.45, 2.75) is 6.54 Å². The molecule has 0 aliphatic carbocycles. The average Bonchev–Trinajstić information content (AvgIpc) is 3.10. The maximum atomic E-state index is 5.81. The lowest BCUT2D eigenvalue weighted by Crippen LogP contribution is -1.96. The second-order valence-electron chi connectivity index (χ2n) is 7.64. The van der Waals surface area contributed by atoms with Crippen LogP contribution in [0, 0.1) is 0 Å². The van der Waals surface area contributed by atoms with E-state index >= 15 is 0 Å². The van der Waals surface area contributed by atoms with Crippen molar-refractivity contribution in [2.75, 3.05) is 0 Å². The van der Waals surface area contributed by atoms with Crippen molar-refractivity contribution in [1.29, 1.82) is 0 Å². The van der Waals surface area contributed by atoms with Crippen LogP contribution in [0.25, 0.3) is 49.0 Å². The van der Waals surface area contributed by atoms with E-state index in [1.165, 1.54) is 49.0 Å². The van der Waals surface area contributed by atoms with Crippen LogP contribution in [0.3, 0.4) is 0 Å². The van der Waals surface area contributed by atoms with Crippen molar-refractivity contribution in [2.24, 2.45) is 5.73 Å². The van der Waals surface area contributed by atoms with Gasteiger partial charge in [0.05, 0.1) is 11.0 Å². The minimum absolute atomic E-state index is 0.567. The Balaban J connectivity index is 1.71. The zero-order valence-corrected chi connectivity index (χ0v) is 16.0. The van der Waals surface area contributed by atoms with E-state index in [1.807, 2.05) is 0 Å². The topological polar surface area (TPSA) is 30.9 Å². The van der Waals surface area contributed by atoms with Crippen molar-refractivity contribution in [3.05, 3.63) is 103 Å². The highest BCUT2D eigenvalue weighted by atomic mass is 15.0. The van der Waals surface area contributed by atoms with Gasteiger partial charge in [-0.15, -0.1) is 0 Å². The smallest absolute Gasteiger partial charge is 0.0547 e. The summed E-state index contributed by atoms with van der Waals surface area (Å²) in [5.74, 6) is 0. The van der Waals surface area contributed by atoms with Crippen molar-refractivity contribution in [3.8, 4) is 5.69 Å². The summed E-state index contributed by atoms with van der Waals surface area (Å²) in [5.41, 5.74) is 10.6. The van der Waals surface area contributed by atoms with Crippen LogP contribution in [-0.2, 0) is 6.54 Å². The fourth-order valence-electron chi connectivity index (χ4n) is 4.48. The highest BCUT2D eigenvalue weighted by Gasteiger charge is 2.13. The number of nitrogens with two attached hydrogens (primary N) is 1. The first kappa shape index (κ1) is 16.3. The molecule has 0 bridgehead atoms. The Morgan fingerprint density at radius 2 is 1.24 bits per heavy atom. The number of para-hydroxylation sites is 1. The lowest BCUT2D eigenvalue weighted by atomic mass is 10.1. The van der Waals surface area contributed by atoms with Crippen LogP contribution in [-0.4, -0.2) is 4.57 Å². The van der Waals surface area contributed by atoms with Crippen LogP contribution in [0.5, 0.6) is 0 Å². The molecule has 1 aromatic heterocycles. The standard InChI is InChI=1S/C27H20N2/c28-17-18-9-10-22-14-23(12-11-21(22)13-18)29-26-8-4-3-7-24(26)25-15-19-5-1-2-6-20(19)16-27(25)29/h1-16H,17,28H2. The van der Waals surface area contributed by atoms with Crippen molar-refractivity contribution in [3.63, 3.8) is 0 Å². The normalized spacial score (nSPS) is 11.8. The maximum Gasteiger partial charge on any atom is 0.0547 e. The average molecular weight is 372 g/mol. The molecule has 0 saturated carbocycles. The Morgan fingerprint density at radius 3 is 2.10 bits per heavy atom. The molecule has 0 spiro atoms. The van der Waals surface area contributed by atoms with Gasteiger partial charge in [0.15, 0.2) is 0 Å². The van der Waals surface area contributed by atoms with Gasteiger partial charge in [0.2, 0.25) is 0 Å². The summed E-state index contributed by atoms with van der Waals surface area (Å²) >= 11 is 0. The summed E-state index contributed by atoms with van der Waals surface area (Å²) in [4.78, 5) is 0. The van der Waals surface area contributed by atoms with Crippen LogP contribution in [0.1, 0.15) is 5.56 Å². The highest BCUT2D eigenvalue weighted by molar-refractivity contribution is 6.13. The highest BCUT2D eigenvalue weighted by Crippen LogP contribution is 2.35. The van der Waals surface area contributed by atoms with E-state index in [2.05, 4.69) is 102 Å². The van der Waals surface area contributed by atoms with Gasteiger partial charge in [0.25, 0.3) is 0 Å². The Labute approximate surface area is 168 Å². The summed E-state index contributed by atoms with van der Waals surface area (Å²) in [7, 11) is 0. The molecule has 6 rings (SSSR count). The Morgan fingerprint density at radius 1 is 0.552 bits per heavy atom. The van der Waals surface area contributed by atoms with Gasteiger partial charge in [-0.2, -0.15) is 0 Å². The molecule has 0 saturated heterocycles. The summed E-state index contributed by atoms with van der Waals surface area (Å²) in [6.45, 7) is 0.567. The van der Waals surface area contributed by atoms with E-state index in [0.717, 1.165) is 5.56 Å². The molecule has 0 radical (unpaired) electrons. The SMILES string of the molecule is NCc1ccc2cc(-n3c4ccccc4c4cc5ccccc5cc43)ccc2c1. The Hall–Kier alpha value is -3.62. The first-order valence-corrected chi connectivity index (χ1v) is 9.97. The number of aromatic nitrogens is 1. The molecule has 0 atom stereocenters. The Kier molecular flexibility index (Phi) is 3.49. The van der Waals surface area contributed by atoms with Crippen LogP contribution >= 0.6 is 0 Å². The number of rotatable bonds is 2. The third-order valence-corrected chi connectivity index (χ3v) is 5.92. The molecule has 29 heavy (non-hydrogen) atoms. The molecule has 0 aliphatic heterocycles. The third kappa shape index (κ3) is 2.47. The molecule has 138 valence electrons. The van der Waals surface area contributed by atoms with Gasteiger partial charge in [-0.05, 0) is 63.5 Å². The first-order valence-electron chi connectivity index (χ1n) is 9.97. The number of hydrogen-bond donors (Lipinski definition) is 1. The van der Waals surface area contributed by atoms with Crippen LogP contribution < -0.4 is 5.73 Å². The molecule has 2 N–H and O–H groups in total. The van der Waals surface area contributed by atoms with E-state index in [-0.39, 0.29) is 0 Å². The second-order valence-corrected chi connectivity index (χ2v) is 7.64. The summed E-state index contributed by atoms with van der Waals surface area (Å²) < 4.78 is 2.38. The van der Waals surface area contributed by atoms with Crippen LogP contribution in [0.4, 0.5) is 0 Å². The van der Waals surface area contributed by atoms with Crippen molar-refractivity contribution >= 4 is 43.4 Å². The predicted octanol–water partition coefficient (Wildman–Crippen LogP) is 6.55. The van der Waals surface area contributed by atoms with Crippen LogP contribution in [0.15, 0.2) is 97.1 Å². The zero-order chi connectivity index (χ0) is 19.4. The predicted molar refractivity (Wildman–Crippen MR) is 124 cm³/mol.